The van der Waals surface area contributed by atoms with Crippen molar-refractivity contribution in [1.29, 1.82) is 0 Å². The van der Waals surface area contributed by atoms with E-state index in [4.69, 9.17) is 14.2 Å². The Morgan fingerprint density at radius 1 is 0.614 bits per heavy atom. The van der Waals surface area contributed by atoms with Crippen molar-refractivity contribution < 1.29 is 43.3 Å². The predicted octanol–water partition coefficient (Wildman–Crippen LogP) is 1.67. The van der Waals surface area contributed by atoms with Gasteiger partial charge in [-0.1, -0.05) is 0 Å². The number of carbonyl (C=O) groups is 5. The average molecular weight is 629 g/mol. The van der Waals surface area contributed by atoms with Crippen molar-refractivity contribution in [3.63, 3.8) is 0 Å². The van der Waals surface area contributed by atoms with Crippen LogP contribution in [0.5, 0.6) is 0 Å². The van der Waals surface area contributed by atoms with Gasteiger partial charge in [0.25, 0.3) is 0 Å². The van der Waals surface area contributed by atoms with Crippen LogP contribution in [0.3, 0.4) is 0 Å². The Morgan fingerprint density at radius 2 is 0.909 bits per heavy atom. The second-order valence-electron chi connectivity index (χ2n) is 14.2. The van der Waals surface area contributed by atoms with Gasteiger partial charge in [-0.15, -0.1) is 0 Å². The van der Waals surface area contributed by atoms with E-state index in [9.17, 15) is 29.1 Å². The van der Waals surface area contributed by atoms with Crippen molar-refractivity contribution in [3.05, 3.63) is 0 Å². The van der Waals surface area contributed by atoms with Crippen molar-refractivity contribution in [1.82, 2.24) is 19.6 Å². The van der Waals surface area contributed by atoms with Crippen LogP contribution in [-0.2, 0) is 38.2 Å². The molecule has 1 saturated heterocycles. The second kappa shape index (κ2) is 17.8. The number of ether oxygens (including phenoxy) is 3. The smallest absolute Gasteiger partial charge is 0.320 e. The van der Waals surface area contributed by atoms with Gasteiger partial charge in [0.05, 0.1) is 19.6 Å². The van der Waals surface area contributed by atoms with E-state index in [1.807, 2.05) is 14.7 Å². The lowest BCUT2D eigenvalue weighted by Gasteiger charge is -2.36. The van der Waals surface area contributed by atoms with Gasteiger partial charge in [-0.3, -0.25) is 38.8 Å². The number of carboxylic acids is 1. The van der Waals surface area contributed by atoms with E-state index in [2.05, 4.69) is 0 Å². The molecule has 1 aliphatic rings. The standard InChI is InChI=1S/C31H56N4O9/c1-29(2,3)42-25(37)21-32-12-14-33(22-26(38)43-30(4,5)6)16-18-35(24(28(40)41)11-10-20-36)19-17-34(15-13-32)23-27(39)44-31(7,8)9/h20,24H,10-19,21-23H2,1-9H3,(H,40,41). The number of esters is 3. The minimum absolute atomic E-state index is 0.0117. The maximum atomic E-state index is 12.8. The summed E-state index contributed by atoms with van der Waals surface area (Å²) in [4.78, 5) is 69.2. The second-order valence-corrected chi connectivity index (χ2v) is 14.2. The van der Waals surface area contributed by atoms with Crippen molar-refractivity contribution in [2.45, 2.75) is 98.0 Å². The zero-order chi connectivity index (χ0) is 33.7. The highest BCUT2D eigenvalue weighted by atomic mass is 16.6. The van der Waals surface area contributed by atoms with Crippen molar-refractivity contribution in [2.75, 3.05) is 72.0 Å². The summed E-state index contributed by atoms with van der Waals surface area (Å²) in [6.07, 6.45) is 0.937. The molecule has 1 rings (SSSR count). The van der Waals surface area contributed by atoms with Gasteiger partial charge in [0.15, 0.2) is 0 Å². The molecule has 1 unspecified atom stereocenters. The molecule has 254 valence electrons. The Hall–Kier alpha value is -2.61. The normalized spacial score (nSPS) is 18.4. The molecule has 13 nitrogen and oxygen atoms in total. The number of hydrogen-bond acceptors (Lipinski definition) is 12. The van der Waals surface area contributed by atoms with Crippen LogP contribution < -0.4 is 0 Å². The van der Waals surface area contributed by atoms with E-state index >= 15 is 0 Å². The molecule has 0 bridgehead atoms. The molecule has 1 aliphatic heterocycles. The molecule has 0 radical (unpaired) electrons. The zero-order valence-corrected chi connectivity index (χ0v) is 28.3. The van der Waals surface area contributed by atoms with Crippen LogP contribution in [-0.4, -0.2) is 150 Å². The number of rotatable bonds is 11. The van der Waals surface area contributed by atoms with Gasteiger partial charge in [0.1, 0.15) is 29.1 Å². The minimum atomic E-state index is -1.04. The van der Waals surface area contributed by atoms with E-state index in [0.717, 1.165) is 0 Å². The summed E-state index contributed by atoms with van der Waals surface area (Å²) in [6.45, 7) is 19.1. The summed E-state index contributed by atoms with van der Waals surface area (Å²) in [5.41, 5.74) is -1.98. The van der Waals surface area contributed by atoms with Crippen LogP contribution in [0.2, 0.25) is 0 Å². The number of carbonyl (C=O) groups excluding carboxylic acids is 4. The summed E-state index contributed by atoms with van der Waals surface area (Å²) in [6, 6.07) is -0.918. The largest absolute Gasteiger partial charge is 0.480 e. The Morgan fingerprint density at radius 3 is 1.16 bits per heavy atom. The van der Waals surface area contributed by atoms with Crippen LogP contribution in [0, 0.1) is 0 Å². The van der Waals surface area contributed by atoms with E-state index in [1.165, 1.54) is 0 Å². The highest BCUT2D eigenvalue weighted by Crippen LogP contribution is 2.13. The van der Waals surface area contributed by atoms with Crippen LogP contribution in [0.25, 0.3) is 0 Å². The molecule has 0 aliphatic carbocycles. The zero-order valence-electron chi connectivity index (χ0n) is 28.3. The van der Waals surface area contributed by atoms with Crippen LogP contribution in [0.1, 0.15) is 75.2 Å². The highest BCUT2D eigenvalue weighted by Gasteiger charge is 2.29. The molecular formula is C31H56N4O9. The Kier molecular flexibility index (Phi) is 15.9. The average Bonchev–Trinajstić information content (AvgIpc) is 2.81. The van der Waals surface area contributed by atoms with Crippen LogP contribution in [0.15, 0.2) is 0 Å². The topological polar surface area (TPSA) is 146 Å². The summed E-state index contributed by atoms with van der Waals surface area (Å²) in [5.74, 6) is -2.24. The van der Waals surface area contributed by atoms with Gasteiger partial charge >= 0.3 is 23.9 Å². The first kappa shape index (κ1) is 39.4. The summed E-state index contributed by atoms with van der Waals surface area (Å²) >= 11 is 0. The maximum Gasteiger partial charge on any atom is 0.320 e. The SMILES string of the molecule is CC(C)(C)OC(=O)CN1CCN(CC(=O)OC(C)(C)C)CCN(C(CCC=O)C(=O)O)CCN(CC(=O)OC(C)(C)C)CC1. The highest BCUT2D eigenvalue weighted by molar-refractivity contribution is 5.74. The fourth-order valence-electron chi connectivity index (χ4n) is 4.70. The summed E-state index contributed by atoms with van der Waals surface area (Å²) in [5, 5.41) is 10.0. The molecule has 13 heteroatoms. The minimum Gasteiger partial charge on any atom is -0.480 e. The molecule has 0 amide bonds. The molecule has 0 spiro atoms. The quantitative estimate of drug-likeness (QED) is 0.201. The van der Waals surface area contributed by atoms with Gasteiger partial charge < -0.3 is 24.1 Å². The fourth-order valence-corrected chi connectivity index (χ4v) is 4.70. The number of aldehydes is 1. The Bertz CT molecular complexity index is 907. The lowest BCUT2D eigenvalue weighted by atomic mass is 10.1. The maximum absolute atomic E-state index is 12.8. The van der Waals surface area contributed by atoms with Gasteiger partial charge in [-0.05, 0) is 68.7 Å². The molecular weight excluding hydrogens is 572 g/mol. The molecule has 1 heterocycles. The van der Waals surface area contributed by atoms with Gasteiger partial charge in [-0.2, -0.15) is 0 Å². The van der Waals surface area contributed by atoms with E-state index in [1.54, 1.807) is 67.2 Å². The lowest BCUT2D eigenvalue weighted by molar-refractivity contribution is -0.158. The molecule has 0 aromatic carbocycles. The number of aliphatic carboxylic acids is 1. The molecule has 0 aromatic rings. The third-order valence-corrected chi connectivity index (χ3v) is 6.47. The first-order valence-electron chi connectivity index (χ1n) is 15.4. The third-order valence-electron chi connectivity index (χ3n) is 6.47. The van der Waals surface area contributed by atoms with E-state index in [0.29, 0.717) is 58.6 Å². The predicted molar refractivity (Wildman–Crippen MR) is 165 cm³/mol. The van der Waals surface area contributed by atoms with Crippen molar-refractivity contribution >= 4 is 30.2 Å². The molecule has 0 aromatic heterocycles. The van der Waals surface area contributed by atoms with Gasteiger partial charge in [-0.25, -0.2) is 0 Å². The summed E-state index contributed by atoms with van der Waals surface area (Å²) < 4.78 is 16.6. The Balaban J connectivity index is 3.32. The molecule has 1 atom stereocenters. The Labute approximate surface area is 263 Å². The number of carboxylic acid groups (broad SMARTS) is 1. The molecule has 1 fully saturated rings. The van der Waals surface area contributed by atoms with Crippen LogP contribution >= 0.6 is 0 Å². The number of nitrogens with zero attached hydrogens (tertiary/aromatic N) is 4. The third kappa shape index (κ3) is 18.3. The van der Waals surface area contributed by atoms with Crippen molar-refractivity contribution in [3.8, 4) is 0 Å². The molecule has 1 N–H and O–H groups in total. The van der Waals surface area contributed by atoms with Gasteiger partial charge in [0, 0.05) is 58.8 Å². The van der Waals surface area contributed by atoms with Crippen LogP contribution in [0.4, 0.5) is 0 Å². The first-order valence-corrected chi connectivity index (χ1v) is 15.4. The first-order chi connectivity index (χ1) is 20.2. The number of hydrogen-bond donors (Lipinski definition) is 1. The van der Waals surface area contributed by atoms with E-state index < -0.39 is 40.8 Å². The fraction of sp³-hybridized carbons (Fsp3) is 0.839. The van der Waals surface area contributed by atoms with Gasteiger partial charge in [0.2, 0.25) is 0 Å². The molecule has 0 saturated carbocycles. The lowest BCUT2D eigenvalue weighted by Crippen LogP contribution is -2.52. The van der Waals surface area contributed by atoms with Crippen molar-refractivity contribution in [2.24, 2.45) is 0 Å². The monoisotopic (exact) mass is 628 g/mol. The van der Waals surface area contributed by atoms with E-state index in [-0.39, 0.29) is 38.4 Å². The summed E-state index contributed by atoms with van der Waals surface area (Å²) in [7, 11) is 0. The molecule has 44 heavy (non-hydrogen) atoms.